The highest BCUT2D eigenvalue weighted by Crippen LogP contribution is 2.47. The van der Waals surface area contributed by atoms with Gasteiger partial charge in [-0.3, -0.25) is 4.79 Å². The van der Waals surface area contributed by atoms with Gasteiger partial charge >= 0.3 is 0 Å². The van der Waals surface area contributed by atoms with Gasteiger partial charge in [0.25, 0.3) is 0 Å². The number of aryl methyl sites for hydroxylation is 1. The molecule has 4 aromatic rings. The molecule has 1 heterocycles. The molecule has 1 atom stereocenters. The molecule has 0 N–H and O–H groups in total. The Kier molecular flexibility index (Phi) is 5.21. The molecule has 1 amide bonds. The molecule has 0 bridgehead atoms. The maximum Gasteiger partial charge on any atom is 0.228 e. The summed E-state index contributed by atoms with van der Waals surface area (Å²) in [6, 6.07) is 26.3. The Bertz CT molecular complexity index is 1280. The highest BCUT2D eigenvalue weighted by Gasteiger charge is 2.35. The van der Waals surface area contributed by atoms with E-state index in [2.05, 4.69) is 55.5 Å². The van der Waals surface area contributed by atoms with Gasteiger partial charge in [-0.05, 0) is 52.6 Å². The summed E-state index contributed by atoms with van der Waals surface area (Å²) >= 11 is 13.2. The number of hydrogen-bond donors (Lipinski definition) is 0. The fourth-order valence-corrected chi connectivity index (χ4v) is 5.21. The lowest BCUT2D eigenvalue weighted by Crippen LogP contribution is -2.36. The van der Waals surface area contributed by atoms with Gasteiger partial charge in [0.15, 0.2) is 0 Å². The van der Waals surface area contributed by atoms with E-state index in [0.29, 0.717) is 23.0 Å². The van der Waals surface area contributed by atoms with Gasteiger partial charge < -0.3 is 4.90 Å². The van der Waals surface area contributed by atoms with Gasteiger partial charge in [0.2, 0.25) is 5.91 Å². The van der Waals surface area contributed by atoms with Crippen LogP contribution in [-0.2, 0) is 11.3 Å². The third-order valence-electron chi connectivity index (χ3n) is 6.08. The topological polar surface area (TPSA) is 20.3 Å². The minimum atomic E-state index is -0.191. The average Bonchev–Trinajstić information content (AvgIpc) is 2.77. The first-order valence-electron chi connectivity index (χ1n) is 10.3. The third kappa shape index (κ3) is 3.60. The Morgan fingerprint density at radius 1 is 0.839 bits per heavy atom. The predicted molar refractivity (Wildman–Crippen MR) is 129 cm³/mol. The second-order valence-electron chi connectivity index (χ2n) is 8.08. The van der Waals surface area contributed by atoms with Gasteiger partial charge in [0.1, 0.15) is 0 Å². The highest BCUT2D eigenvalue weighted by molar-refractivity contribution is 6.36. The van der Waals surface area contributed by atoms with E-state index in [0.717, 1.165) is 33.2 Å². The first kappa shape index (κ1) is 20.1. The fraction of sp³-hybridized carbons (Fsp3) is 0.148. The fourth-order valence-electron chi connectivity index (χ4n) is 4.55. The summed E-state index contributed by atoms with van der Waals surface area (Å²) in [7, 11) is 0. The molecule has 0 saturated carbocycles. The standard InChI is InChI=1S/C27H21Cl2NO/c1-17-9-11-18(12-10-17)16-30-24-14-13-19-5-2-3-6-20(19)26(24)21(15-25(30)31)27-22(28)7-4-8-23(27)29/h2-14,21H,15-16H2,1H3. The van der Waals surface area contributed by atoms with E-state index < -0.39 is 0 Å². The van der Waals surface area contributed by atoms with E-state index in [-0.39, 0.29) is 11.8 Å². The first-order chi connectivity index (χ1) is 15.0. The monoisotopic (exact) mass is 445 g/mol. The summed E-state index contributed by atoms with van der Waals surface area (Å²) in [6.07, 6.45) is 0.330. The normalized spacial score (nSPS) is 15.9. The van der Waals surface area contributed by atoms with E-state index in [1.54, 1.807) is 0 Å². The molecule has 0 aromatic heterocycles. The molecule has 0 aliphatic carbocycles. The summed E-state index contributed by atoms with van der Waals surface area (Å²) in [4.78, 5) is 15.3. The number of benzene rings is 4. The van der Waals surface area contributed by atoms with Crippen LogP contribution >= 0.6 is 23.2 Å². The van der Waals surface area contributed by atoms with Gasteiger partial charge in [0, 0.05) is 28.1 Å². The summed E-state index contributed by atoms with van der Waals surface area (Å²) in [5.74, 6) is -0.117. The number of nitrogens with zero attached hydrogens (tertiary/aromatic N) is 1. The Morgan fingerprint density at radius 2 is 1.55 bits per heavy atom. The highest BCUT2D eigenvalue weighted by atomic mass is 35.5. The molecule has 1 aliphatic rings. The maximum atomic E-state index is 13.4. The third-order valence-corrected chi connectivity index (χ3v) is 6.74. The van der Waals surface area contributed by atoms with Crippen molar-refractivity contribution in [3.63, 3.8) is 0 Å². The molecule has 154 valence electrons. The first-order valence-corrected chi connectivity index (χ1v) is 11.1. The molecule has 1 unspecified atom stereocenters. The van der Waals surface area contributed by atoms with Crippen LogP contribution < -0.4 is 4.90 Å². The van der Waals surface area contributed by atoms with Crippen molar-refractivity contribution in [1.82, 2.24) is 0 Å². The Hall–Kier alpha value is -2.81. The molecule has 5 rings (SSSR count). The summed E-state index contributed by atoms with van der Waals surface area (Å²) in [5.41, 5.74) is 5.17. The van der Waals surface area contributed by atoms with Crippen molar-refractivity contribution >= 4 is 45.6 Å². The van der Waals surface area contributed by atoms with Crippen LogP contribution in [0.15, 0.2) is 78.9 Å². The molecule has 1 aliphatic heterocycles. The van der Waals surface area contributed by atoms with E-state index in [9.17, 15) is 4.79 Å². The van der Waals surface area contributed by atoms with Crippen molar-refractivity contribution in [1.29, 1.82) is 0 Å². The summed E-state index contributed by atoms with van der Waals surface area (Å²) < 4.78 is 0. The second kappa shape index (κ2) is 8.03. The Labute approximate surface area is 192 Å². The average molecular weight is 446 g/mol. The van der Waals surface area contributed by atoms with E-state index in [1.807, 2.05) is 35.2 Å². The van der Waals surface area contributed by atoms with Crippen LogP contribution in [0.4, 0.5) is 5.69 Å². The zero-order chi connectivity index (χ0) is 21.5. The van der Waals surface area contributed by atoms with Crippen LogP contribution in [-0.4, -0.2) is 5.91 Å². The minimum Gasteiger partial charge on any atom is -0.308 e. The summed E-state index contributed by atoms with van der Waals surface area (Å²) in [5, 5.41) is 3.45. The lowest BCUT2D eigenvalue weighted by molar-refractivity contribution is -0.119. The van der Waals surface area contributed by atoms with Crippen molar-refractivity contribution in [3.8, 4) is 0 Å². The number of anilines is 1. The molecule has 0 radical (unpaired) electrons. The predicted octanol–water partition coefficient (Wildman–Crippen LogP) is 7.52. The van der Waals surface area contributed by atoms with Crippen molar-refractivity contribution in [3.05, 3.63) is 111 Å². The van der Waals surface area contributed by atoms with Crippen molar-refractivity contribution in [2.75, 3.05) is 4.90 Å². The van der Waals surface area contributed by atoms with E-state index in [1.165, 1.54) is 5.56 Å². The quantitative estimate of drug-likeness (QED) is 0.319. The lowest BCUT2D eigenvalue weighted by atomic mass is 9.81. The van der Waals surface area contributed by atoms with Crippen LogP contribution in [0, 0.1) is 6.92 Å². The Morgan fingerprint density at radius 3 is 2.29 bits per heavy atom. The second-order valence-corrected chi connectivity index (χ2v) is 8.89. The van der Waals surface area contributed by atoms with Crippen molar-refractivity contribution in [2.24, 2.45) is 0 Å². The molecule has 4 heteroatoms. The maximum absolute atomic E-state index is 13.4. The zero-order valence-corrected chi connectivity index (χ0v) is 18.6. The molecular weight excluding hydrogens is 425 g/mol. The van der Waals surface area contributed by atoms with Crippen LogP contribution in [0.5, 0.6) is 0 Å². The molecule has 2 nitrogen and oxygen atoms in total. The SMILES string of the molecule is Cc1ccc(CN2C(=O)CC(c3c(Cl)cccc3Cl)c3c2ccc2ccccc32)cc1. The molecule has 4 aromatic carbocycles. The number of halogens is 2. The smallest absolute Gasteiger partial charge is 0.228 e. The summed E-state index contributed by atoms with van der Waals surface area (Å²) in [6.45, 7) is 2.60. The van der Waals surface area contributed by atoms with Gasteiger partial charge in [-0.1, -0.05) is 89.4 Å². The number of rotatable bonds is 3. The molecule has 0 fully saturated rings. The number of amides is 1. The number of hydrogen-bond acceptors (Lipinski definition) is 1. The van der Waals surface area contributed by atoms with Gasteiger partial charge in [-0.15, -0.1) is 0 Å². The van der Waals surface area contributed by atoms with Crippen LogP contribution in [0.1, 0.15) is 34.6 Å². The van der Waals surface area contributed by atoms with Crippen molar-refractivity contribution in [2.45, 2.75) is 25.8 Å². The number of carbonyl (C=O) groups excluding carboxylic acids is 1. The van der Waals surface area contributed by atoms with Gasteiger partial charge in [-0.25, -0.2) is 0 Å². The number of fused-ring (bicyclic) bond motifs is 3. The van der Waals surface area contributed by atoms with Crippen molar-refractivity contribution < 1.29 is 4.79 Å². The largest absolute Gasteiger partial charge is 0.308 e. The molecule has 0 spiro atoms. The van der Waals surface area contributed by atoms with Crippen LogP contribution in [0.3, 0.4) is 0 Å². The van der Waals surface area contributed by atoms with Crippen LogP contribution in [0.25, 0.3) is 10.8 Å². The molecular formula is C27H21Cl2NO. The van der Waals surface area contributed by atoms with Gasteiger partial charge in [-0.2, -0.15) is 0 Å². The Balaban J connectivity index is 1.71. The number of carbonyl (C=O) groups is 1. The molecule has 31 heavy (non-hydrogen) atoms. The zero-order valence-electron chi connectivity index (χ0n) is 17.1. The minimum absolute atomic E-state index is 0.0735. The van der Waals surface area contributed by atoms with E-state index >= 15 is 0 Å². The lowest BCUT2D eigenvalue weighted by Gasteiger charge is -2.36. The molecule has 0 saturated heterocycles. The van der Waals surface area contributed by atoms with E-state index in [4.69, 9.17) is 23.2 Å². The van der Waals surface area contributed by atoms with Gasteiger partial charge in [0.05, 0.1) is 6.54 Å². The van der Waals surface area contributed by atoms with Crippen LogP contribution in [0.2, 0.25) is 10.0 Å².